The highest BCUT2D eigenvalue weighted by molar-refractivity contribution is 5.76. The third-order valence-corrected chi connectivity index (χ3v) is 4.10. The van der Waals surface area contributed by atoms with Gasteiger partial charge in [0.15, 0.2) is 0 Å². The van der Waals surface area contributed by atoms with Gasteiger partial charge in [0.25, 0.3) is 0 Å². The molecule has 0 spiro atoms. The number of esters is 2. The Morgan fingerprint density at radius 3 is 2.15 bits per heavy atom. The molecule has 148 valence electrons. The van der Waals surface area contributed by atoms with Crippen LogP contribution in [0.4, 0.5) is 5.69 Å². The first kappa shape index (κ1) is 22.5. The monoisotopic (exact) mass is 377 g/mol. The first-order valence-corrected chi connectivity index (χ1v) is 8.54. The summed E-state index contributed by atoms with van der Waals surface area (Å²) in [6.45, 7) is 10.8. The molecule has 0 saturated carbocycles. The summed E-state index contributed by atoms with van der Waals surface area (Å²) in [5.74, 6) is -0.854. The van der Waals surface area contributed by atoms with E-state index < -0.39 is 17.5 Å². The number of azide groups is 1. The van der Waals surface area contributed by atoms with Crippen LogP contribution in [0.3, 0.4) is 0 Å². The molecule has 0 aromatic heterocycles. The van der Waals surface area contributed by atoms with Crippen molar-refractivity contribution in [1.82, 2.24) is 0 Å². The van der Waals surface area contributed by atoms with Gasteiger partial charge in [0, 0.05) is 10.6 Å². The van der Waals surface area contributed by atoms with Crippen LogP contribution in [-0.4, -0.2) is 31.3 Å². The van der Waals surface area contributed by atoms with Crippen molar-refractivity contribution in [2.45, 2.75) is 60.2 Å². The average Bonchev–Trinajstić information content (AvgIpc) is 2.56. The Kier molecular flexibility index (Phi) is 7.82. The van der Waals surface area contributed by atoms with Crippen LogP contribution in [0, 0.1) is 20.8 Å². The molecule has 0 radical (unpaired) electrons. The number of carbonyl (C=O) groups is 2. The second kappa shape index (κ2) is 9.39. The Hall–Kier alpha value is -2.57. The van der Waals surface area contributed by atoms with Gasteiger partial charge in [0.2, 0.25) is 0 Å². The van der Waals surface area contributed by atoms with Crippen molar-refractivity contribution < 1.29 is 23.8 Å². The minimum Gasteiger partial charge on any atom is -0.469 e. The van der Waals surface area contributed by atoms with Crippen molar-refractivity contribution >= 4 is 17.6 Å². The Morgan fingerprint density at radius 2 is 1.63 bits per heavy atom. The van der Waals surface area contributed by atoms with Crippen molar-refractivity contribution in [3.8, 4) is 0 Å². The van der Waals surface area contributed by atoms with Crippen LogP contribution in [0.15, 0.2) is 5.11 Å². The minimum atomic E-state index is -0.585. The molecule has 27 heavy (non-hydrogen) atoms. The van der Waals surface area contributed by atoms with Crippen LogP contribution in [0.25, 0.3) is 10.4 Å². The molecule has 1 aromatic carbocycles. The van der Waals surface area contributed by atoms with E-state index in [4.69, 9.17) is 19.7 Å². The Bertz CT molecular complexity index is 775. The maximum atomic E-state index is 11.8. The van der Waals surface area contributed by atoms with E-state index in [0.717, 1.165) is 27.8 Å². The second-order valence-corrected chi connectivity index (χ2v) is 7.20. The lowest BCUT2D eigenvalue weighted by Gasteiger charge is -2.21. The molecule has 0 heterocycles. The highest BCUT2D eigenvalue weighted by Crippen LogP contribution is 2.34. The molecular weight excluding hydrogens is 350 g/mol. The molecule has 0 aliphatic carbocycles. The number of hydrogen-bond acceptors (Lipinski definition) is 6. The first-order valence-electron chi connectivity index (χ1n) is 8.54. The van der Waals surface area contributed by atoms with Gasteiger partial charge in [-0.25, -0.2) is 4.79 Å². The Morgan fingerprint density at radius 1 is 1.04 bits per heavy atom. The predicted octanol–water partition coefficient (Wildman–Crippen LogP) is 4.13. The smallest absolute Gasteiger partial charge is 0.332 e. The maximum absolute atomic E-state index is 11.8. The summed E-state index contributed by atoms with van der Waals surface area (Å²) >= 11 is 0. The number of hydrogen-bond donors (Lipinski definition) is 0. The van der Waals surface area contributed by atoms with E-state index >= 15 is 0 Å². The first-order chi connectivity index (χ1) is 12.5. The molecule has 0 fully saturated rings. The van der Waals surface area contributed by atoms with E-state index in [9.17, 15) is 9.59 Å². The molecule has 0 N–H and O–H groups in total. The van der Waals surface area contributed by atoms with Crippen LogP contribution in [0.2, 0.25) is 0 Å². The van der Waals surface area contributed by atoms with Crippen LogP contribution >= 0.6 is 0 Å². The topological polar surface area (TPSA) is 111 Å². The molecule has 0 saturated heterocycles. The number of carbonyl (C=O) groups excluding carboxylic acids is 2. The van der Waals surface area contributed by atoms with Gasteiger partial charge < -0.3 is 14.2 Å². The number of ether oxygens (including phenoxy) is 3. The van der Waals surface area contributed by atoms with Crippen LogP contribution < -0.4 is 0 Å². The van der Waals surface area contributed by atoms with E-state index in [2.05, 4.69) is 10.0 Å². The zero-order valence-corrected chi connectivity index (χ0v) is 17.0. The molecule has 0 aliphatic heterocycles. The fourth-order valence-corrected chi connectivity index (χ4v) is 2.81. The molecule has 0 atom stereocenters. The number of benzene rings is 1. The van der Waals surface area contributed by atoms with Crippen molar-refractivity contribution in [3.63, 3.8) is 0 Å². The van der Waals surface area contributed by atoms with Gasteiger partial charge in [-0.3, -0.25) is 4.79 Å². The van der Waals surface area contributed by atoms with Crippen molar-refractivity contribution in [1.29, 1.82) is 0 Å². The Labute approximate surface area is 159 Å². The lowest BCUT2D eigenvalue weighted by molar-refractivity contribution is -0.160. The van der Waals surface area contributed by atoms with Crippen LogP contribution in [-0.2, 0) is 36.8 Å². The predicted molar refractivity (Wildman–Crippen MR) is 101 cm³/mol. The van der Waals surface area contributed by atoms with Gasteiger partial charge >= 0.3 is 11.9 Å². The number of methoxy groups -OCH3 is 1. The molecule has 8 heteroatoms. The number of nitrogens with zero attached hydrogens (tertiary/aromatic N) is 3. The molecule has 0 amide bonds. The quantitative estimate of drug-likeness (QED) is 0.307. The highest BCUT2D eigenvalue weighted by atomic mass is 16.6. The molecule has 1 aromatic rings. The molecule has 0 unspecified atom stereocenters. The molecule has 1 rings (SSSR count). The summed E-state index contributed by atoms with van der Waals surface area (Å²) in [5, 5.41) is 3.77. The standard InChI is InChI=1S/C19H27N3O5/c1-11-14(8-16(23)25-7)12(2)18(21-22-20)13(3)15(11)9-26-10-17(24)27-19(4,5)6/h8-10H2,1-7H3. The van der Waals surface area contributed by atoms with E-state index in [0.29, 0.717) is 5.69 Å². The van der Waals surface area contributed by atoms with E-state index in [1.165, 1.54) is 7.11 Å². The van der Waals surface area contributed by atoms with Crippen molar-refractivity contribution in [2.24, 2.45) is 5.11 Å². The fourth-order valence-electron chi connectivity index (χ4n) is 2.81. The zero-order valence-electron chi connectivity index (χ0n) is 17.0. The normalized spacial score (nSPS) is 10.9. The summed E-state index contributed by atoms with van der Waals surface area (Å²) in [4.78, 5) is 26.5. The third kappa shape index (κ3) is 6.27. The SMILES string of the molecule is COC(=O)Cc1c(C)c(COCC(=O)OC(C)(C)C)c(C)c(N=[N+]=[N-])c1C. The Balaban J connectivity index is 3.16. The van der Waals surface area contributed by atoms with E-state index in [1.807, 2.05) is 13.8 Å². The minimum absolute atomic E-state index is 0.0570. The van der Waals surface area contributed by atoms with E-state index in [-0.39, 0.29) is 19.6 Å². The lowest BCUT2D eigenvalue weighted by atomic mass is 9.90. The summed E-state index contributed by atoms with van der Waals surface area (Å²) in [6, 6.07) is 0. The third-order valence-electron chi connectivity index (χ3n) is 4.10. The molecule has 8 nitrogen and oxygen atoms in total. The number of rotatable bonds is 7. The zero-order chi connectivity index (χ0) is 20.8. The lowest BCUT2D eigenvalue weighted by Crippen LogP contribution is -2.26. The summed E-state index contributed by atoms with van der Waals surface area (Å²) in [5.41, 5.74) is 12.6. The van der Waals surface area contributed by atoms with Crippen molar-refractivity contribution in [2.75, 3.05) is 13.7 Å². The fraction of sp³-hybridized carbons (Fsp3) is 0.579. The molecule has 0 aliphatic rings. The molecular formula is C19H27N3O5. The van der Waals surface area contributed by atoms with Gasteiger partial charge in [-0.1, -0.05) is 5.11 Å². The van der Waals surface area contributed by atoms with Crippen LogP contribution in [0.5, 0.6) is 0 Å². The molecule has 0 bridgehead atoms. The second-order valence-electron chi connectivity index (χ2n) is 7.20. The maximum Gasteiger partial charge on any atom is 0.332 e. The average molecular weight is 377 g/mol. The van der Waals surface area contributed by atoms with Gasteiger partial charge in [0.05, 0.1) is 20.1 Å². The summed E-state index contributed by atoms with van der Waals surface area (Å²) in [7, 11) is 1.32. The van der Waals surface area contributed by atoms with Gasteiger partial charge in [-0.15, -0.1) is 0 Å². The van der Waals surface area contributed by atoms with Crippen LogP contribution in [0.1, 0.15) is 48.6 Å². The highest BCUT2D eigenvalue weighted by Gasteiger charge is 2.20. The summed E-state index contributed by atoms with van der Waals surface area (Å²) < 4.78 is 15.5. The summed E-state index contributed by atoms with van der Waals surface area (Å²) in [6.07, 6.45) is 0.0570. The van der Waals surface area contributed by atoms with Gasteiger partial charge in [-0.05, 0) is 74.9 Å². The van der Waals surface area contributed by atoms with Gasteiger partial charge in [0.1, 0.15) is 12.2 Å². The van der Waals surface area contributed by atoms with Gasteiger partial charge in [-0.2, -0.15) is 0 Å². The van der Waals surface area contributed by atoms with E-state index in [1.54, 1.807) is 27.7 Å². The van der Waals surface area contributed by atoms with Crippen molar-refractivity contribution in [3.05, 3.63) is 38.3 Å². The largest absolute Gasteiger partial charge is 0.469 e.